The molecule has 6 heteroatoms. The van der Waals surface area contributed by atoms with Crippen molar-refractivity contribution >= 4 is 5.97 Å². The molecule has 1 rings (SSSR count). The van der Waals surface area contributed by atoms with Gasteiger partial charge in [-0.1, -0.05) is 0 Å². The highest BCUT2D eigenvalue weighted by Gasteiger charge is 2.22. The molecule has 14 heavy (non-hydrogen) atoms. The van der Waals surface area contributed by atoms with Crippen LogP contribution in [-0.4, -0.2) is 18.2 Å². The number of phenols is 1. The van der Waals surface area contributed by atoms with Crippen molar-refractivity contribution < 1.29 is 27.8 Å². The normalized spacial score (nSPS) is 10.0. The smallest absolute Gasteiger partial charge is 0.341 e. The van der Waals surface area contributed by atoms with Crippen molar-refractivity contribution in [1.29, 1.82) is 0 Å². The van der Waals surface area contributed by atoms with Gasteiger partial charge in [0.1, 0.15) is 5.56 Å². The number of rotatable bonds is 1. The summed E-state index contributed by atoms with van der Waals surface area (Å²) in [6.45, 7) is 0. The maximum Gasteiger partial charge on any atom is 0.341 e. The van der Waals surface area contributed by atoms with Gasteiger partial charge >= 0.3 is 5.97 Å². The zero-order chi connectivity index (χ0) is 10.9. The summed E-state index contributed by atoms with van der Waals surface area (Å²) >= 11 is 0. The predicted molar refractivity (Wildman–Crippen MR) is 39.3 cm³/mol. The Morgan fingerprint density at radius 3 is 2.36 bits per heavy atom. The molecule has 0 atom stereocenters. The summed E-state index contributed by atoms with van der Waals surface area (Å²) in [6, 6.07) is 0.458. The van der Waals surface area contributed by atoms with E-state index in [0.29, 0.717) is 6.07 Å². The molecule has 76 valence electrons. The number of benzene rings is 1. The second-order valence-electron chi connectivity index (χ2n) is 2.38. The Morgan fingerprint density at radius 1 is 1.29 bits per heavy atom. The van der Waals surface area contributed by atoms with Gasteiger partial charge in [0.15, 0.2) is 17.4 Å². The van der Waals surface area contributed by atoms with Crippen LogP contribution in [-0.2, 0) is 4.74 Å². The van der Waals surface area contributed by atoms with Crippen LogP contribution in [0.5, 0.6) is 5.75 Å². The number of ether oxygens (including phenoxy) is 1. The number of halogens is 3. The highest BCUT2D eigenvalue weighted by Crippen LogP contribution is 2.24. The molecule has 1 N–H and O–H groups in total. The van der Waals surface area contributed by atoms with Crippen molar-refractivity contribution in [3.8, 4) is 5.75 Å². The summed E-state index contributed by atoms with van der Waals surface area (Å²) in [5.41, 5.74) is -0.857. The monoisotopic (exact) mass is 206 g/mol. The summed E-state index contributed by atoms with van der Waals surface area (Å²) in [7, 11) is 0.945. The van der Waals surface area contributed by atoms with Gasteiger partial charge in [0.25, 0.3) is 0 Å². The van der Waals surface area contributed by atoms with E-state index in [-0.39, 0.29) is 0 Å². The van der Waals surface area contributed by atoms with E-state index < -0.39 is 34.7 Å². The van der Waals surface area contributed by atoms with E-state index in [2.05, 4.69) is 4.74 Å². The fourth-order valence-electron chi connectivity index (χ4n) is 0.849. The summed E-state index contributed by atoms with van der Waals surface area (Å²) in [6.07, 6.45) is 0. The molecule has 0 bridgehead atoms. The number of hydrogen-bond acceptors (Lipinski definition) is 3. The average Bonchev–Trinajstić information content (AvgIpc) is 2.19. The van der Waals surface area contributed by atoms with Crippen molar-refractivity contribution in [2.45, 2.75) is 0 Å². The second-order valence-corrected chi connectivity index (χ2v) is 2.38. The lowest BCUT2D eigenvalue weighted by Gasteiger charge is -2.04. The Bertz CT molecular complexity index is 390. The van der Waals surface area contributed by atoms with Crippen molar-refractivity contribution in [3.63, 3.8) is 0 Å². The molecule has 0 aromatic heterocycles. The topological polar surface area (TPSA) is 46.5 Å². The van der Waals surface area contributed by atoms with Crippen LogP contribution in [0.4, 0.5) is 13.2 Å². The van der Waals surface area contributed by atoms with Gasteiger partial charge in [-0.3, -0.25) is 0 Å². The van der Waals surface area contributed by atoms with Crippen molar-refractivity contribution in [1.82, 2.24) is 0 Å². The summed E-state index contributed by atoms with van der Waals surface area (Å²) < 4.78 is 42.1. The lowest BCUT2D eigenvalue weighted by Crippen LogP contribution is -2.07. The summed E-state index contributed by atoms with van der Waals surface area (Å²) in [5.74, 6) is -7.69. The van der Waals surface area contributed by atoms with Gasteiger partial charge in [0.2, 0.25) is 5.82 Å². The molecule has 1 aromatic carbocycles. The van der Waals surface area contributed by atoms with E-state index in [1.807, 2.05) is 0 Å². The van der Waals surface area contributed by atoms with Crippen molar-refractivity contribution in [2.24, 2.45) is 0 Å². The van der Waals surface area contributed by atoms with Crippen LogP contribution in [0.2, 0.25) is 0 Å². The standard InChI is InChI=1S/C8H5F3O3/c1-14-8(13)3-2-4(12)6(10)7(11)5(3)9/h2,12H,1H3. The van der Waals surface area contributed by atoms with Crippen LogP contribution in [0.1, 0.15) is 10.4 Å². The van der Waals surface area contributed by atoms with Crippen LogP contribution >= 0.6 is 0 Å². The van der Waals surface area contributed by atoms with E-state index in [4.69, 9.17) is 5.11 Å². The predicted octanol–water partition coefficient (Wildman–Crippen LogP) is 1.60. The fraction of sp³-hybridized carbons (Fsp3) is 0.125. The Morgan fingerprint density at radius 2 is 1.86 bits per heavy atom. The number of aromatic hydroxyl groups is 1. The molecule has 3 nitrogen and oxygen atoms in total. The fourth-order valence-corrected chi connectivity index (χ4v) is 0.849. The van der Waals surface area contributed by atoms with E-state index in [9.17, 15) is 18.0 Å². The Hall–Kier alpha value is -1.72. The van der Waals surface area contributed by atoms with Crippen molar-refractivity contribution in [2.75, 3.05) is 7.11 Å². The van der Waals surface area contributed by atoms with Gasteiger partial charge in [0.05, 0.1) is 7.11 Å². The van der Waals surface area contributed by atoms with E-state index in [1.165, 1.54) is 0 Å². The number of methoxy groups -OCH3 is 1. The molecular formula is C8H5F3O3. The van der Waals surface area contributed by atoms with E-state index in [1.54, 1.807) is 0 Å². The molecule has 0 aliphatic heterocycles. The molecule has 0 unspecified atom stereocenters. The third kappa shape index (κ3) is 1.50. The second kappa shape index (κ2) is 3.57. The largest absolute Gasteiger partial charge is 0.505 e. The molecule has 0 saturated carbocycles. The van der Waals surface area contributed by atoms with Crippen LogP contribution in [0.25, 0.3) is 0 Å². The molecule has 0 aliphatic rings. The van der Waals surface area contributed by atoms with E-state index in [0.717, 1.165) is 7.11 Å². The number of hydrogen-bond donors (Lipinski definition) is 1. The van der Waals surface area contributed by atoms with Gasteiger partial charge in [0, 0.05) is 6.07 Å². The van der Waals surface area contributed by atoms with Crippen LogP contribution in [0, 0.1) is 17.5 Å². The number of phenolic OH excluding ortho intramolecular Hbond substituents is 1. The molecule has 0 fully saturated rings. The van der Waals surface area contributed by atoms with Crippen molar-refractivity contribution in [3.05, 3.63) is 29.1 Å². The quantitative estimate of drug-likeness (QED) is 0.560. The summed E-state index contributed by atoms with van der Waals surface area (Å²) in [5, 5.41) is 8.76. The van der Waals surface area contributed by atoms with Gasteiger partial charge < -0.3 is 9.84 Å². The summed E-state index contributed by atoms with van der Waals surface area (Å²) in [4.78, 5) is 10.8. The SMILES string of the molecule is COC(=O)c1cc(O)c(F)c(F)c1F. The average molecular weight is 206 g/mol. The first-order valence-electron chi connectivity index (χ1n) is 3.43. The molecule has 0 saturated heterocycles. The lowest BCUT2D eigenvalue weighted by molar-refractivity contribution is 0.0593. The molecule has 0 spiro atoms. The lowest BCUT2D eigenvalue weighted by atomic mass is 10.2. The minimum atomic E-state index is -1.91. The zero-order valence-electron chi connectivity index (χ0n) is 6.97. The molecule has 0 amide bonds. The zero-order valence-corrected chi connectivity index (χ0v) is 6.97. The van der Waals surface area contributed by atoms with Gasteiger partial charge in [-0.25, -0.2) is 13.6 Å². The first-order valence-corrected chi connectivity index (χ1v) is 3.43. The maximum absolute atomic E-state index is 12.9. The number of esters is 1. The van der Waals surface area contributed by atoms with Gasteiger partial charge in [-0.2, -0.15) is 4.39 Å². The molecule has 1 aromatic rings. The Labute approximate surface area is 76.7 Å². The highest BCUT2D eigenvalue weighted by atomic mass is 19.2. The maximum atomic E-state index is 12.9. The number of carbonyl (C=O) groups is 1. The number of carbonyl (C=O) groups excluding carboxylic acids is 1. The van der Waals surface area contributed by atoms with Crippen LogP contribution < -0.4 is 0 Å². The van der Waals surface area contributed by atoms with Gasteiger partial charge in [-0.15, -0.1) is 0 Å². The minimum Gasteiger partial charge on any atom is -0.505 e. The minimum absolute atomic E-state index is 0.458. The molecule has 0 aliphatic carbocycles. The third-order valence-corrected chi connectivity index (χ3v) is 1.53. The molecule has 0 heterocycles. The first-order chi connectivity index (χ1) is 6.49. The third-order valence-electron chi connectivity index (χ3n) is 1.53. The van der Waals surface area contributed by atoms with Gasteiger partial charge in [-0.05, 0) is 0 Å². The Balaban J connectivity index is 3.40. The highest BCUT2D eigenvalue weighted by molar-refractivity contribution is 5.90. The van der Waals surface area contributed by atoms with Crippen LogP contribution in [0.15, 0.2) is 6.07 Å². The first kappa shape index (κ1) is 10.4. The Kier molecular flexibility index (Phi) is 2.64. The van der Waals surface area contributed by atoms with E-state index >= 15 is 0 Å². The van der Waals surface area contributed by atoms with Crippen LogP contribution in [0.3, 0.4) is 0 Å². The molecule has 0 radical (unpaired) electrons. The molecular weight excluding hydrogens is 201 g/mol.